The van der Waals surface area contributed by atoms with Crippen molar-refractivity contribution < 1.29 is 9.53 Å². The Hall–Kier alpha value is -2.40. The monoisotopic (exact) mass is 516 g/mol. The number of piperazine rings is 1. The van der Waals surface area contributed by atoms with E-state index in [0.717, 1.165) is 57.0 Å². The highest BCUT2D eigenvalue weighted by molar-refractivity contribution is 6.30. The van der Waals surface area contributed by atoms with Gasteiger partial charge in [-0.2, -0.15) is 0 Å². The Morgan fingerprint density at radius 1 is 1.03 bits per heavy atom. The van der Waals surface area contributed by atoms with E-state index in [4.69, 9.17) is 16.3 Å². The lowest BCUT2D eigenvalue weighted by Crippen LogP contribution is -2.50. The lowest BCUT2D eigenvalue weighted by Gasteiger charge is -2.43. The molecule has 0 radical (unpaired) electrons. The van der Waals surface area contributed by atoms with Crippen molar-refractivity contribution in [1.29, 1.82) is 0 Å². The van der Waals surface area contributed by atoms with Crippen LogP contribution >= 0.6 is 11.6 Å². The summed E-state index contributed by atoms with van der Waals surface area (Å²) in [6.07, 6.45) is 8.05. The Kier molecular flexibility index (Phi) is 6.77. The molecule has 2 saturated heterocycles. The first-order valence-electron chi connectivity index (χ1n) is 13.8. The molecular weight excluding hydrogens is 480 g/mol. The van der Waals surface area contributed by atoms with E-state index >= 15 is 0 Å². The number of hydrogen-bond donors (Lipinski definition) is 0. The van der Waals surface area contributed by atoms with Gasteiger partial charge in [-0.25, -0.2) is 0 Å². The molecule has 0 saturated carbocycles. The molecule has 4 nitrogen and oxygen atoms in total. The first-order chi connectivity index (χ1) is 17.9. The number of rotatable bonds is 5. The van der Waals surface area contributed by atoms with Gasteiger partial charge in [0.25, 0.3) is 0 Å². The quantitative estimate of drug-likeness (QED) is 0.438. The summed E-state index contributed by atoms with van der Waals surface area (Å²) in [4.78, 5) is 18.1. The van der Waals surface area contributed by atoms with E-state index in [9.17, 15) is 4.79 Å². The molecule has 0 aromatic heterocycles. The van der Waals surface area contributed by atoms with Gasteiger partial charge in [-0.1, -0.05) is 78.7 Å². The second kappa shape index (κ2) is 10.1. The van der Waals surface area contributed by atoms with Crippen molar-refractivity contribution in [2.75, 3.05) is 32.7 Å². The van der Waals surface area contributed by atoms with Gasteiger partial charge in [0.1, 0.15) is 6.10 Å². The molecular formula is C32H37ClN2O2. The summed E-state index contributed by atoms with van der Waals surface area (Å²) >= 11 is 6.20. The first kappa shape index (κ1) is 24.9. The van der Waals surface area contributed by atoms with Gasteiger partial charge in [0.15, 0.2) is 0 Å². The van der Waals surface area contributed by atoms with Crippen LogP contribution in [0, 0.1) is 17.3 Å². The van der Waals surface area contributed by atoms with Crippen molar-refractivity contribution in [3.05, 3.63) is 94.0 Å². The average molecular weight is 517 g/mol. The van der Waals surface area contributed by atoms with Gasteiger partial charge in [-0.15, -0.1) is 0 Å². The minimum Gasteiger partial charge on any atom is -0.461 e. The molecule has 5 atom stereocenters. The summed E-state index contributed by atoms with van der Waals surface area (Å²) in [5.41, 5.74) is 5.57. The number of esters is 1. The molecule has 0 spiro atoms. The van der Waals surface area contributed by atoms with Crippen LogP contribution in [0.1, 0.15) is 50.3 Å². The van der Waals surface area contributed by atoms with Gasteiger partial charge in [-0.05, 0) is 60.4 Å². The maximum absolute atomic E-state index is 13.1. The zero-order valence-corrected chi connectivity index (χ0v) is 22.7. The van der Waals surface area contributed by atoms with E-state index in [2.05, 4.69) is 78.3 Å². The Balaban J connectivity index is 1.16. The molecule has 2 fully saturated rings. The molecule has 0 amide bonds. The molecule has 4 aliphatic rings. The van der Waals surface area contributed by atoms with Crippen molar-refractivity contribution >= 4 is 17.6 Å². The first-order valence-corrected chi connectivity index (χ1v) is 14.2. The molecule has 5 heteroatoms. The molecule has 0 bridgehead atoms. The van der Waals surface area contributed by atoms with Crippen LogP contribution in [0.4, 0.5) is 0 Å². The second-order valence-corrected chi connectivity index (χ2v) is 12.1. The van der Waals surface area contributed by atoms with Gasteiger partial charge in [0.05, 0.1) is 12.0 Å². The highest BCUT2D eigenvalue weighted by Gasteiger charge is 2.51. The third-order valence-corrected chi connectivity index (χ3v) is 9.48. The van der Waals surface area contributed by atoms with E-state index in [1.54, 1.807) is 0 Å². The van der Waals surface area contributed by atoms with Crippen LogP contribution < -0.4 is 0 Å². The Labute approximate surface area is 225 Å². The maximum Gasteiger partial charge on any atom is 0.311 e. The largest absolute Gasteiger partial charge is 0.461 e. The summed E-state index contributed by atoms with van der Waals surface area (Å²) in [6.45, 7) is 9.19. The molecule has 0 unspecified atom stereocenters. The number of benzene rings is 2. The minimum absolute atomic E-state index is 0.00138. The SMILES string of the molecule is CC1=CCC[C@@]2(C)C[C@H]3OC(=O)[C@H](CN4CCN([C@@H](c5ccccc5)c5ccc(Cl)cc5)CC4)[C@@H]3C=C12. The molecule has 6 rings (SSSR count). The standard InChI is InChI=1S/C32H37ClN2O2/c1-22-7-6-14-32(2)20-29-26(19-28(22)32)27(31(36)37-29)21-34-15-17-35(18-16-34)30(23-8-4-3-5-9-23)24-10-12-25(33)13-11-24/h3-5,7-13,19,26-27,29-30H,6,14-18,20-21H2,1-2H3/t26-,27+,29+,30-,32-/m0/s1. The van der Waals surface area contributed by atoms with Crippen molar-refractivity contribution in [1.82, 2.24) is 9.80 Å². The fourth-order valence-corrected chi connectivity index (χ4v) is 7.34. The van der Waals surface area contributed by atoms with Gasteiger partial charge < -0.3 is 4.74 Å². The summed E-state index contributed by atoms with van der Waals surface area (Å²) in [5, 5.41) is 0.763. The lowest BCUT2D eigenvalue weighted by atomic mass is 9.62. The molecule has 2 aromatic carbocycles. The van der Waals surface area contributed by atoms with E-state index in [1.807, 2.05) is 12.1 Å². The summed E-state index contributed by atoms with van der Waals surface area (Å²) in [5.74, 6) is 0.132. The van der Waals surface area contributed by atoms with Crippen molar-refractivity contribution in [3.8, 4) is 0 Å². The molecule has 2 aliphatic heterocycles. The normalized spacial score (nSPS) is 31.1. The van der Waals surface area contributed by atoms with Crippen LogP contribution in [0.25, 0.3) is 0 Å². The summed E-state index contributed by atoms with van der Waals surface area (Å²) < 4.78 is 6.00. The number of fused-ring (bicyclic) bond motifs is 2. The number of ether oxygens (including phenoxy) is 1. The van der Waals surface area contributed by atoms with Gasteiger partial charge in [0, 0.05) is 43.7 Å². The van der Waals surface area contributed by atoms with E-state index in [1.165, 1.54) is 22.3 Å². The highest BCUT2D eigenvalue weighted by Crippen LogP contribution is 2.52. The van der Waals surface area contributed by atoms with Crippen LogP contribution in [-0.2, 0) is 9.53 Å². The Bertz CT molecular complexity index is 1200. The number of hydrogen-bond acceptors (Lipinski definition) is 4. The fourth-order valence-electron chi connectivity index (χ4n) is 7.21. The van der Waals surface area contributed by atoms with Crippen LogP contribution in [0.2, 0.25) is 5.02 Å². The van der Waals surface area contributed by atoms with Gasteiger partial charge >= 0.3 is 5.97 Å². The molecule has 0 N–H and O–H groups in total. The fraction of sp³-hybridized carbons (Fsp3) is 0.469. The topological polar surface area (TPSA) is 32.8 Å². The van der Waals surface area contributed by atoms with Crippen LogP contribution in [0.15, 0.2) is 77.9 Å². The Morgan fingerprint density at radius 3 is 2.46 bits per heavy atom. The molecule has 2 heterocycles. The summed E-state index contributed by atoms with van der Waals surface area (Å²) in [7, 11) is 0. The molecule has 2 aliphatic carbocycles. The van der Waals surface area contributed by atoms with E-state index in [-0.39, 0.29) is 35.4 Å². The van der Waals surface area contributed by atoms with Crippen LogP contribution in [0.5, 0.6) is 0 Å². The second-order valence-electron chi connectivity index (χ2n) is 11.6. The zero-order chi connectivity index (χ0) is 25.6. The van der Waals surface area contributed by atoms with Gasteiger partial charge in [-0.3, -0.25) is 14.6 Å². The predicted molar refractivity (Wildman–Crippen MR) is 148 cm³/mol. The third kappa shape index (κ3) is 4.80. The molecule has 37 heavy (non-hydrogen) atoms. The van der Waals surface area contributed by atoms with Crippen molar-refractivity contribution in [2.45, 2.75) is 45.3 Å². The van der Waals surface area contributed by atoms with Crippen molar-refractivity contribution in [3.63, 3.8) is 0 Å². The highest BCUT2D eigenvalue weighted by atomic mass is 35.5. The number of carbonyl (C=O) groups is 1. The smallest absolute Gasteiger partial charge is 0.311 e. The number of carbonyl (C=O) groups excluding carboxylic acids is 1. The van der Waals surface area contributed by atoms with E-state index in [0.29, 0.717) is 0 Å². The third-order valence-electron chi connectivity index (χ3n) is 9.22. The number of nitrogens with zero attached hydrogens (tertiary/aromatic N) is 2. The van der Waals surface area contributed by atoms with Gasteiger partial charge in [0.2, 0.25) is 0 Å². The average Bonchev–Trinajstić information content (AvgIpc) is 3.19. The van der Waals surface area contributed by atoms with E-state index < -0.39 is 0 Å². The Morgan fingerprint density at radius 2 is 1.73 bits per heavy atom. The molecule has 2 aromatic rings. The molecule has 194 valence electrons. The lowest BCUT2D eigenvalue weighted by molar-refractivity contribution is -0.145. The summed E-state index contributed by atoms with van der Waals surface area (Å²) in [6, 6.07) is 19.2. The maximum atomic E-state index is 13.1. The number of allylic oxidation sites excluding steroid dienone is 3. The number of halogens is 1. The van der Waals surface area contributed by atoms with Crippen molar-refractivity contribution in [2.24, 2.45) is 17.3 Å². The van der Waals surface area contributed by atoms with Crippen LogP contribution in [-0.4, -0.2) is 54.6 Å². The zero-order valence-electron chi connectivity index (χ0n) is 21.9. The minimum atomic E-state index is -0.0653. The van der Waals surface area contributed by atoms with Crippen LogP contribution in [0.3, 0.4) is 0 Å². The predicted octanol–water partition coefficient (Wildman–Crippen LogP) is 6.28.